The lowest BCUT2D eigenvalue weighted by atomic mass is 10.1. The van der Waals surface area contributed by atoms with E-state index in [1.807, 2.05) is 11.0 Å². The highest BCUT2D eigenvalue weighted by atomic mass is 16.6. The van der Waals surface area contributed by atoms with Crippen LogP contribution in [0.15, 0.2) is 52.9 Å². The smallest absolute Gasteiger partial charge is 0.340 e. The summed E-state index contributed by atoms with van der Waals surface area (Å²) in [4.78, 5) is 37.6. The Balaban J connectivity index is 1.53. The summed E-state index contributed by atoms with van der Waals surface area (Å²) in [5, 5.41) is 11.9. The Morgan fingerprint density at radius 3 is 2.60 bits per heavy atom. The average Bonchev–Trinajstić information content (AvgIpc) is 3.22. The summed E-state index contributed by atoms with van der Waals surface area (Å²) < 4.78 is 16.0. The summed E-state index contributed by atoms with van der Waals surface area (Å²) in [5.41, 5.74) is 0.858. The molecule has 1 aliphatic heterocycles. The number of nitrogens with zero attached hydrogens (tertiary/aromatic N) is 2. The number of Topliss-reactive ketones (excluding diaryl/α,β-unsaturated/α-hetero) is 1. The quantitative estimate of drug-likeness (QED) is 0.264. The van der Waals surface area contributed by atoms with Crippen LogP contribution in [0.4, 0.5) is 11.4 Å². The molecule has 154 valence electrons. The van der Waals surface area contributed by atoms with Gasteiger partial charge in [0.1, 0.15) is 5.58 Å². The zero-order chi connectivity index (χ0) is 21.1. The van der Waals surface area contributed by atoms with Crippen molar-refractivity contribution in [2.45, 2.75) is 0 Å². The Labute approximate surface area is 170 Å². The lowest BCUT2D eigenvalue weighted by molar-refractivity contribution is -0.384. The first-order valence-corrected chi connectivity index (χ1v) is 9.33. The zero-order valence-corrected chi connectivity index (χ0v) is 15.9. The molecule has 0 aliphatic carbocycles. The van der Waals surface area contributed by atoms with Crippen LogP contribution in [0, 0.1) is 10.1 Å². The molecule has 3 aromatic rings. The van der Waals surface area contributed by atoms with Gasteiger partial charge in [0.15, 0.2) is 12.4 Å². The van der Waals surface area contributed by atoms with Crippen LogP contribution in [0.3, 0.4) is 0 Å². The summed E-state index contributed by atoms with van der Waals surface area (Å²) in [6, 6.07) is 12.7. The third-order valence-electron chi connectivity index (χ3n) is 4.80. The standard InChI is InChI=1S/C21H18N2O7/c24-18(20-11-14-3-1-2-4-19(14)30-20)13-29-21(25)16-12-15(23(26)27)5-6-17(16)22-7-9-28-10-8-22/h1-6,11-12H,7-10,13H2. The third kappa shape index (κ3) is 4.01. The minimum atomic E-state index is -0.815. The van der Waals surface area contributed by atoms with Gasteiger partial charge in [0.2, 0.25) is 5.78 Å². The fourth-order valence-corrected chi connectivity index (χ4v) is 3.28. The number of furan rings is 1. The second kappa shape index (κ2) is 8.34. The molecular formula is C21H18N2O7. The SMILES string of the molecule is O=C(COC(=O)c1cc([N+](=O)[O-])ccc1N1CCOCC1)c1cc2ccccc2o1. The predicted octanol–water partition coefficient (Wildman–Crippen LogP) is 3.22. The van der Waals surface area contributed by atoms with Gasteiger partial charge in [-0.3, -0.25) is 14.9 Å². The van der Waals surface area contributed by atoms with E-state index in [1.165, 1.54) is 18.2 Å². The number of fused-ring (bicyclic) bond motifs is 1. The maximum Gasteiger partial charge on any atom is 0.340 e. The largest absolute Gasteiger partial charge is 0.453 e. The summed E-state index contributed by atoms with van der Waals surface area (Å²) in [6.45, 7) is 1.50. The summed E-state index contributed by atoms with van der Waals surface area (Å²) in [7, 11) is 0. The molecule has 0 spiro atoms. The molecule has 0 bridgehead atoms. The number of ketones is 1. The molecule has 0 saturated carbocycles. The molecule has 4 rings (SSSR count). The number of para-hydroxylation sites is 1. The van der Waals surface area contributed by atoms with Gasteiger partial charge in [-0.15, -0.1) is 0 Å². The monoisotopic (exact) mass is 410 g/mol. The van der Waals surface area contributed by atoms with Gasteiger partial charge >= 0.3 is 5.97 Å². The molecule has 1 saturated heterocycles. The van der Waals surface area contributed by atoms with E-state index in [2.05, 4.69) is 0 Å². The molecule has 0 amide bonds. The third-order valence-corrected chi connectivity index (χ3v) is 4.80. The molecule has 1 aromatic heterocycles. The van der Waals surface area contributed by atoms with Crippen molar-refractivity contribution in [3.63, 3.8) is 0 Å². The summed E-state index contributed by atoms with van der Waals surface area (Å²) in [5.74, 6) is -1.24. The van der Waals surface area contributed by atoms with Crippen molar-refractivity contribution in [1.82, 2.24) is 0 Å². The molecule has 0 unspecified atom stereocenters. The first kappa shape index (κ1) is 19.6. The molecular weight excluding hydrogens is 392 g/mol. The molecule has 9 nitrogen and oxygen atoms in total. The number of nitro benzene ring substituents is 1. The van der Waals surface area contributed by atoms with E-state index in [0.717, 1.165) is 5.39 Å². The molecule has 0 atom stereocenters. The molecule has 2 heterocycles. The Kier molecular flexibility index (Phi) is 5.44. The van der Waals surface area contributed by atoms with E-state index < -0.39 is 23.3 Å². The molecule has 2 aromatic carbocycles. The Morgan fingerprint density at radius 1 is 1.10 bits per heavy atom. The number of anilines is 1. The number of non-ortho nitro benzene ring substituents is 1. The second-order valence-electron chi connectivity index (χ2n) is 6.71. The lowest BCUT2D eigenvalue weighted by Gasteiger charge is -2.30. The van der Waals surface area contributed by atoms with Crippen molar-refractivity contribution in [2.24, 2.45) is 0 Å². The number of carbonyl (C=O) groups is 2. The van der Waals surface area contributed by atoms with Gasteiger partial charge in [-0.05, 0) is 18.2 Å². The van der Waals surface area contributed by atoms with Crippen LogP contribution in [0.1, 0.15) is 20.9 Å². The lowest BCUT2D eigenvalue weighted by Crippen LogP contribution is -2.37. The first-order chi connectivity index (χ1) is 14.5. The molecule has 30 heavy (non-hydrogen) atoms. The second-order valence-corrected chi connectivity index (χ2v) is 6.71. The average molecular weight is 410 g/mol. The molecule has 1 fully saturated rings. The van der Waals surface area contributed by atoms with Crippen LogP contribution in [-0.2, 0) is 9.47 Å². The Hall–Kier alpha value is -3.72. The maximum atomic E-state index is 12.7. The number of benzene rings is 2. The van der Waals surface area contributed by atoms with E-state index in [-0.39, 0.29) is 17.0 Å². The van der Waals surface area contributed by atoms with Crippen molar-refractivity contribution < 1.29 is 28.4 Å². The highest BCUT2D eigenvalue weighted by Crippen LogP contribution is 2.27. The van der Waals surface area contributed by atoms with Crippen LogP contribution >= 0.6 is 0 Å². The maximum absolute atomic E-state index is 12.7. The van der Waals surface area contributed by atoms with Crippen LogP contribution in [-0.4, -0.2) is 49.6 Å². The van der Waals surface area contributed by atoms with Gasteiger partial charge < -0.3 is 18.8 Å². The number of rotatable bonds is 6. The molecule has 1 aliphatic rings. The van der Waals surface area contributed by atoms with Gasteiger partial charge in [-0.1, -0.05) is 18.2 Å². The number of hydrogen-bond donors (Lipinski definition) is 0. The van der Waals surface area contributed by atoms with E-state index in [4.69, 9.17) is 13.9 Å². The van der Waals surface area contributed by atoms with E-state index in [9.17, 15) is 19.7 Å². The molecule has 9 heteroatoms. The number of morpholine rings is 1. The van der Waals surface area contributed by atoms with E-state index >= 15 is 0 Å². The fourth-order valence-electron chi connectivity index (χ4n) is 3.28. The minimum absolute atomic E-state index is 0.0310. The van der Waals surface area contributed by atoms with Gasteiger partial charge in [0, 0.05) is 30.6 Å². The fraction of sp³-hybridized carbons (Fsp3) is 0.238. The minimum Gasteiger partial charge on any atom is -0.453 e. The summed E-state index contributed by atoms with van der Waals surface area (Å²) >= 11 is 0. The number of carbonyl (C=O) groups excluding carboxylic acids is 2. The van der Waals surface area contributed by atoms with Crippen LogP contribution in [0.2, 0.25) is 0 Å². The van der Waals surface area contributed by atoms with E-state index in [0.29, 0.717) is 37.6 Å². The number of hydrogen-bond acceptors (Lipinski definition) is 8. The van der Waals surface area contributed by atoms with E-state index in [1.54, 1.807) is 24.3 Å². The van der Waals surface area contributed by atoms with Crippen molar-refractivity contribution in [3.05, 3.63) is 70.0 Å². The van der Waals surface area contributed by atoms with Gasteiger partial charge in [-0.25, -0.2) is 4.79 Å². The van der Waals surface area contributed by atoms with Crippen LogP contribution < -0.4 is 4.90 Å². The normalized spacial score (nSPS) is 13.9. The van der Waals surface area contributed by atoms with Gasteiger partial charge in [0.05, 0.1) is 29.4 Å². The number of nitro groups is 1. The molecule has 0 radical (unpaired) electrons. The Bertz CT molecular complexity index is 1080. The Morgan fingerprint density at radius 2 is 1.87 bits per heavy atom. The number of ether oxygens (including phenoxy) is 2. The van der Waals surface area contributed by atoms with Crippen molar-refractivity contribution >= 4 is 34.1 Å². The highest BCUT2D eigenvalue weighted by Gasteiger charge is 2.24. The van der Waals surface area contributed by atoms with Gasteiger partial charge in [0.25, 0.3) is 5.69 Å². The topological polar surface area (TPSA) is 112 Å². The van der Waals surface area contributed by atoms with Crippen molar-refractivity contribution in [2.75, 3.05) is 37.8 Å². The van der Waals surface area contributed by atoms with Crippen LogP contribution in [0.25, 0.3) is 11.0 Å². The van der Waals surface area contributed by atoms with Crippen molar-refractivity contribution in [3.8, 4) is 0 Å². The highest BCUT2D eigenvalue weighted by molar-refractivity contribution is 6.01. The van der Waals surface area contributed by atoms with Crippen molar-refractivity contribution in [1.29, 1.82) is 0 Å². The molecule has 0 N–H and O–H groups in total. The first-order valence-electron chi connectivity index (χ1n) is 9.33. The van der Waals surface area contributed by atoms with Gasteiger partial charge in [-0.2, -0.15) is 0 Å². The number of esters is 1. The predicted molar refractivity (Wildman–Crippen MR) is 107 cm³/mol. The summed E-state index contributed by atoms with van der Waals surface area (Å²) in [6.07, 6.45) is 0. The zero-order valence-electron chi connectivity index (χ0n) is 15.9. The van der Waals surface area contributed by atoms with Crippen LogP contribution in [0.5, 0.6) is 0 Å².